The normalized spacial score (nSPS) is 11.7. The van der Waals surface area contributed by atoms with Gasteiger partial charge >= 0.3 is 6.18 Å². The average Bonchev–Trinajstić information content (AvgIpc) is 2.59. The highest BCUT2D eigenvalue weighted by Crippen LogP contribution is 2.28. The molecule has 146 valence electrons. The largest absolute Gasteiger partial charge is 0.495 e. The van der Waals surface area contributed by atoms with Crippen LogP contribution in [0.1, 0.15) is 15.9 Å². The second-order valence-electron chi connectivity index (χ2n) is 5.60. The number of hydrogen-bond donors (Lipinski definition) is 2. The number of hydrogen-bond acceptors (Lipinski definition) is 4. The molecule has 0 aromatic heterocycles. The van der Waals surface area contributed by atoms with E-state index >= 15 is 0 Å². The second kappa shape index (κ2) is 7.87. The number of carbonyl (C=O) groups excluding carboxylic acids is 1. The van der Waals surface area contributed by atoms with Crippen LogP contribution in [0.2, 0.25) is 0 Å². The van der Waals surface area contributed by atoms with Crippen LogP contribution in [0.3, 0.4) is 0 Å². The quantitative estimate of drug-likeness (QED) is 0.778. The number of aryl methyl sites for hydroxylation is 1. The number of anilines is 1. The highest BCUT2D eigenvalue weighted by Gasteiger charge is 2.29. The van der Waals surface area contributed by atoms with Gasteiger partial charge < -0.3 is 10.1 Å². The third-order valence-corrected chi connectivity index (χ3v) is 4.86. The first-order valence-corrected chi connectivity index (χ1v) is 9.13. The van der Waals surface area contributed by atoms with Crippen molar-refractivity contribution in [2.75, 3.05) is 18.4 Å². The van der Waals surface area contributed by atoms with Crippen LogP contribution in [0.15, 0.2) is 47.4 Å². The number of para-hydroxylation sites is 1. The summed E-state index contributed by atoms with van der Waals surface area (Å²) in [4.78, 5) is 11.9. The van der Waals surface area contributed by atoms with Crippen molar-refractivity contribution in [3.8, 4) is 5.75 Å². The minimum Gasteiger partial charge on any atom is -0.495 e. The van der Waals surface area contributed by atoms with Crippen LogP contribution in [0.5, 0.6) is 5.75 Å². The van der Waals surface area contributed by atoms with Crippen molar-refractivity contribution >= 4 is 21.6 Å². The summed E-state index contributed by atoms with van der Waals surface area (Å²) in [5.74, 6) is -0.964. The van der Waals surface area contributed by atoms with E-state index < -0.39 is 28.7 Å². The maximum Gasteiger partial charge on any atom is 0.405 e. The summed E-state index contributed by atoms with van der Waals surface area (Å²) in [6.45, 7) is 0.162. The van der Waals surface area contributed by atoms with Gasteiger partial charge in [-0.05, 0) is 36.8 Å². The Labute approximate surface area is 154 Å². The minimum absolute atomic E-state index is 0.0899. The Morgan fingerprint density at radius 3 is 2.44 bits per heavy atom. The van der Waals surface area contributed by atoms with Gasteiger partial charge in [-0.1, -0.05) is 18.2 Å². The lowest BCUT2D eigenvalue weighted by Crippen LogP contribution is -2.34. The molecule has 0 saturated heterocycles. The molecule has 0 aliphatic carbocycles. The summed E-state index contributed by atoms with van der Waals surface area (Å²) >= 11 is 0. The molecule has 2 aromatic rings. The smallest absolute Gasteiger partial charge is 0.405 e. The number of methoxy groups -OCH3 is 1. The van der Waals surface area contributed by atoms with E-state index in [9.17, 15) is 26.4 Å². The standard InChI is InChI=1S/C17H17F3N2O4S/c1-11-7-8-14(26-2)15(9-11)27(24,25)22-13-6-4-3-5-12(13)16(23)21-10-17(18,19)20/h3-9,22H,10H2,1-2H3,(H,21,23). The first kappa shape index (κ1) is 20.6. The highest BCUT2D eigenvalue weighted by molar-refractivity contribution is 7.92. The molecule has 6 nitrogen and oxygen atoms in total. The highest BCUT2D eigenvalue weighted by atomic mass is 32.2. The van der Waals surface area contributed by atoms with Crippen LogP contribution < -0.4 is 14.8 Å². The Morgan fingerprint density at radius 2 is 1.81 bits per heavy atom. The monoisotopic (exact) mass is 402 g/mol. The summed E-state index contributed by atoms with van der Waals surface area (Å²) in [7, 11) is -2.85. The van der Waals surface area contributed by atoms with E-state index in [4.69, 9.17) is 4.74 Å². The molecule has 0 unspecified atom stereocenters. The summed E-state index contributed by atoms with van der Waals surface area (Å²) in [6.07, 6.45) is -4.58. The summed E-state index contributed by atoms with van der Waals surface area (Å²) in [6, 6.07) is 9.88. The van der Waals surface area contributed by atoms with Gasteiger partial charge in [0.15, 0.2) is 0 Å². The van der Waals surface area contributed by atoms with Gasteiger partial charge in [-0.3, -0.25) is 9.52 Å². The molecule has 10 heteroatoms. The molecule has 0 aliphatic rings. The van der Waals surface area contributed by atoms with E-state index in [0.29, 0.717) is 5.56 Å². The van der Waals surface area contributed by atoms with Gasteiger partial charge in [-0.2, -0.15) is 13.2 Å². The number of benzene rings is 2. The van der Waals surface area contributed by atoms with Crippen molar-refractivity contribution < 1.29 is 31.1 Å². The number of halogens is 3. The summed E-state index contributed by atoms with van der Waals surface area (Å²) < 4.78 is 69.7. The average molecular weight is 402 g/mol. The van der Waals surface area contributed by atoms with Crippen LogP contribution in [-0.2, 0) is 10.0 Å². The van der Waals surface area contributed by atoms with E-state index in [1.165, 1.54) is 43.5 Å². The fourth-order valence-electron chi connectivity index (χ4n) is 2.24. The third-order valence-electron chi connectivity index (χ3n) is 3.47. The number of alkyl halides is 3. The molecule has 0 atom stereocenters. The molecule has 2 rings (SSSR count). The van der Waals surface area contributed by atoms with E-state index in [2.05, 4.69) is 4.72 Å². The maximum absolute atomic E-state index is 12.7. The molecule has 0 spiro atoms. The summed E-state index contributed by atoms with van der Waals surface area (Å²) in [5, 5.41) is 1.71. The fraction of sp³-hybridized carbons (Fsp3) is 0.235. The molecule has 0 bridgehead atoms. The Morgan fingerprint density at radius 1 is 1.15 bits per heavy atom. The van der Waals surface area contributed by atoms with E-state index in [-0.39, 0.29) is 21.9 Å². The zero-order valence-corrected chi connectivity index (χ0v) is 15.2. The predicted octanol–water partition coefficient (Wildman–Crippen LogP) is 3.10. The van der Waals surface area contributed by atoms with Crippen molar-refractivity contribution in [3.63, 3.8) is 0 Å². The number of nitrogens with one attached hydrogen (secondary N) is 2. The third kappa shape index (κ3) is 5.36. The lowest BCUT2D eigenvalue weighted by molar-refractivity contribution is -0.123. The molecule has 0 aliphatic heterocycles. The van der Waals surface area contributed by atoms with Crippen LogP contribution in [0.25, 0.3) is 0 Å². The van der Waals surface area contributed by atoms with Crippen molar-refractivity contribution in [1.82, 2.24) is 5.32 Å². The Bertz CT molecular complexity index is 943. The van der Waals surface area contributed by atoms with E-state index in [0.717, 1.165) is 0 Å². The van der Waals surface area contributed by atoms with E-state index in [1.54, 1.807) is 18.3 Å². The molecule has 2 aromatic carbocycles. The van der Waals surface area contributed by atoms with Gasteiger partial charge in [0.25, 0.3) is 15.9 Å². The zero-order chi connectivity index (χ0) is 20.2. The maximum atomic E-state index is 12.7. The molecule has 27 heavy (non-hydrogen) atoms. The molecule has 0 radical (unpaired) electrons. The molecule has 0 fully saturated rings. The van der Waals surface area contributed by atoms with Crippen molar-refractivity contribution in [2.24, 2.45) is 0 Å². The Kier molecular flexibility index (Phi) is 5.99. The Balaban J connectivity index is 2.35. The second-order valence-corrected chi connectivity index (χ2v) is 7.25. The molecule has 0 heterocycles. The molecule has 2 N–H and O–H groups in total. The fourth-order valence-corrected chi connectivity index (χ4v) is 3.57. The van der Waals surface area contributed by atoms with Crippen LogP contribution in [0.4, 0.5) is 18.9 Å². The van der Waals surface area contributed by atoms with E-state index in [1.807, 2.05) is 0 Å². The summed E-state index contributed by atoms with van der Waals surface area (Å²) in [5.41, 5.74) is 0.269. The van der Waals surface area contributed by atoms with Gasteiger partial charge in [-0.15, -0.1) is 0 Å². The molecule has 1 amide bonds. The Hall–Kier alpha value is -2.75. The number of carbonyl (C=O) groups is 1. The molecular formula is C17H17F3N2O4S. The van der Waals surface area contributed by atoms with Gasteiger partial charge in [0, 0.05) is 0 Å². The first-order chi connectivity index (χ1) is 12.5. The van der Waals surface area contributed by atoms with Crippen molar-refractivity contribution in [1.29, 1.82) is 0 Å². The van der Waals surface area contributed by atoms with Crippen LogP contribution in [0, 0.1) is 6.92 Å². The van der Waals surface area contributed by atoms with Crippen LogP contribution in [-0.4, -0.2) is 34.2 Å². The van der Waals surface area contributed by atoms with Gasteiger partial charge in [-0.25, -0.2) is 8.42 Å². The number of rotatable bonds is 6. The van der Waals surface area contributed by atoms with Gasteiger partial charge in [0.2, 0.25) is 0 Å². The molecular weight excluding hydrogens is 385 g/mol. The topological polar surface area (TPSA) is 84.5 Å². The van der Waals surface area contributed by atoms with Crippen molar-refractivity contribution in [3.05, 3.63) is 53.6 Å². The number of sulfonamides is 1. The van der Waals surface area contributed by atoms with Gasteiger partial charge in [0.1, 0.15) is 17.2 Å². The number of amides is 1. The van der Waals surface area contributed by atoms with Crippen molar-refractivity contribution in [2.45, 2.75) is 18.0 Å². The SMILES string of the molecule is COc1ccc(C)cc1S(=O)(=O)Nc1ccccc1C(=O)NCC(F)(F)F. The molecule has 0 saturated carbocycles. The predicted molar refractivity (Wildman–Crippen MR) is 93.4 cm³/mol. The minimum atomic E-state index is -4.58. The lowest BCUT2D eigenvalue weighted by atomic mass is 10.1. The zero-order valence-electron chi connectivity index (χ0n) is 14.4. The number of ether oxygens (including phenoxy) is 1. The first-order valence-electron chi connectivity index (χ1n) is 7.65. The van der Waals surface area contributed by atoms with Gasteiger partial charge in [0.05, 0.1) is 18.4 Å². The lowest BCUT2D eigenvalue weighted by Gasteiger charge is -2.15. The van der Waals surface area contributed by atoms with Crippen LogP contribution >= 0.6 is 0 Å².